The average Bonchev–Trinajstić information content (AvgIpc) is 3.21. The molecular formula is C19H21N7O5. The molecule has 0 saturated carbocycles. The summed E-state index contributed by atoms with van der Waals surface area (Å²) >= 11 is 0. The molecule has 1 fully saturated rings. The molecule has 0 amide bonds. The van der Waals surface area contributed by atoms with Gasteiger partial charge in [-0.3, -0.25) is 10.1 Å². The largest absolute Gasteiger partial charge is 0.462 e. The Morgan fingerprint density at radius 3 is 2.84 bits per heavy atom. The zero-order chi connectivity index (χ0) is 21.8. The maximum absolute atomic E-state index is 12.7. The van der Waals surface area contributed by atoms with Crippen LogP contribution >= 0.6 is 0 Å². The molecule has 0 bridgehead atoms. The van der Waals surface area contributed by atoms with Crippen molar-refractivity contribution in [3.05, 3.63) is 46.5 Å². The highest BCUT2D eigenvalue weighted by Crippen LogP contribution is 2.27. The molecule has 1 aliphatic rings. The number of imidazole rings is 1. The lowest BCUT2D eigenvalue weighted by Crippen LogP contribution is -2.37. The minimum atomic E-state index is -0.604. The van der Waals surface area contributed by atoms with Crippen LogP contribution in [-0.4, -0.2) is 63.3 Å². The zero-order valence-electron chi connectivity index (χ0n) is 16.6. The first-order valence-corrected chi connectivity index (χ1v) is 9.74. The quantitative estimate of drug-likeness (QED) is 0.253. The van der Waals surface area contributed by atoms with E-state index in [4.69, 9.17) is 15.2 Å². The van der Waals surface area contributed by atoms with Crippen molar-refractivity contribution >= 4 is 34.3 Å². The maximum Gasteiger partial charge on any atom is 0.340 e. The maximum atomic E-state index is 12.7. The summed E-state index contributed by atoms with van der Waals surface area (Å²) in [7, 11) is 0. The number of fused-ring (bicyclic) bond motifs is 1. The Hall–Kier alpha value is -3.80. The van der Waals surface area contributed by atoms with Gasteiger partial charge in [-0.15, -0.1) is 0 Å². The molecule has 0 unspecified atom stereocenters. The Kier molecular flexibility index (Phi) is 5.89. The number of nitrogens with two attached hydrogens (primary N) is 1. The Morgan fingerprint density at radius 2 is 2.06 bits per heavy atom. The van der Waals surface area contributed by atoms with E-state index in [1.807, 2.05) is 4.90 Å². The summed E-state index contributed by atoms with van der Waals surface area (Å²) in [6.07, 6.45) is 3.48. The molecule has 12 nitrogen and oxygen atoms in total. The minimum absolute atomic E-state index is 0.129. The highest BCUT2D eigenvalue weighted by molar-refractivity contribution is 5.96. The lowest BCUT2D eigenvalue weighted by atomic mass is 10.1. The van der Waals surface area contributed by atoms with Crippen LogP contribution in [0.4, 0.5) is 17.2 Å². The number of aryl methyl sites for hydroxylation is 1. The van der Waals surface area contributed by atoms with Gasteiger partial charge >= 0.3 is 5.97 Å². The molecule has 162 valence electrons. The molecule has 12 heteroatoms. The molecule has 0 atom stereocenters. The predicted octanol–water partition coefficient (Wildman–Crippen LogP) is 1.40. The van der Waals surface area contributed by atoms with Gasteiger partial charge in [0.1, 0.15) is 11.8 Å². The van der Waals surface area contributed by atoms with Gasteiger partial charge in [-0.1, -0.05) is 0 Å². The monoisotopic (exact) mass is 427 g/mol. The van der Waals surface area contributed by atoms with Crippen molar-refractivity contribution in [1.29, 1.82) is 0 Å². The van der Waals surface area contributed by atoms with Crippen LogP contribution in [-0.2, 0) is 16.0 Å². The number of aromatic nitrogens is 4. The molecule has 1 aliphatic heterocycles. The van der Waals surface area contributed by atoms with Crippen molar-refractivity contribution in [3.63, 3.8) is 0 Å². The number of rotatable bonds is 7. The smallest absolute Gasteiger partial charge is 0.340 e. The Bertz CT molecular complexity index is 1110. The second kappa shape index (κ2) is 8.92. The summed E-state index contributed by atoms with van der Waals surface area (Å²) in [5, 5.41) is 11.2. The molecule has 0 spiro atoms. The first kappa shape index (κ1) is 20.5. The van der Waals surface area contributed by atoms with Gasteiger partial charge in [0.25, 0.3) is 5.69 Å². The number of morpholine rings is 1. The molecule has 0 aliphatic carbocycles. The molecule has 31 heavy (non-hydrogen) atoms. The van der Waals surface area contributed by atoms with E-state index >= 15 is 0 Å². The predicted molar refractivity (Wildman–Crippen MR) is 111 cm³/mol. The number of esters is 1. The van der Waals surface area contributed by atoms with Gasteiger partial charge in [0.05, 0.1) is 42.3 Å². The summed E-state index contributed by atoms with van der Waals surface area (Å²) < 4.78 is 12.6. The van der Waals surface area contributed by atoms with E-state index in [9.17, 15) is 14.9 Å². The van der Waals surface area contributed by atoms with Crippen molar-refractivity contribution in [2.75, 3.05) is 43.5 Å². The van der Waals surface area contributed by atoms with Gasteiger partial charge in [-0.05, 0) is 12.5 Å². The molecule has 1 saturated heterocycles. The number of nitrogen functional groups attached to an aromatic ring is 1. The average molecular weight is 427 g/mol. The molecule has 3 aromatic rings. The molecule has 0 radical (unpaired) electrons. The van der Waals surface area contributed by atoms with Crippen LogP contribution in [0.5, 0.6) is 0 Å². The van der Waals surface area contributed by atoms with Crippen LogP contribution in [0.2, 0.25) is 0 Å². The number of nitrogens with zero attached hydrogens (tertiary/aromatic N) is 6. The number of hydrogen-bond acceptors (Lipinski definition) is 10. The lowest BCUT2D eigenvalue weighted by molar-refractivity contribution is -0.384. The summed E-state index contributed by atoms with van der Waals surface area (Å²) in [4.78, 5) is 37.6. The van der Waals surface area contributed by atoms with Gasteiger partial charge in [-0.25, -0.2) is 19.7 Å². The fourth-order valence-electron chi connectivity index (χ4n) is 3.42. The number of benzene rings is 1. The van der Waals surface area contributed by atoms with Crippen molar-refractivity contribution in [2.24, 2.45) is 0 Å². The number of carbonyl (C=O) groups is 1. The second-order valence-corrected chi connectivity index (χ2v) is 6.92. The van der Waals surface area contributed by atoms with Crippen LogP contribution in [0, 0.1) is 10.1 Å². The molecule has 2 aromatic heterocycles. The van der Waals surface area contributed by atoms with Gasteiger partial charge < -0.3 is 24.7 Å². The van der Waals surface area contributed by atoms with E-state index in [2.05, 4.69) is 15.0 Å². The number of anilines is 2. The Labute approximate surface area is 176 Å². The summed E-state index contributed by atoms with van der Waals surface area (Å²) in [6.45, 7) is 2.88. The molecule has 3 heterocycles. The van der Waals surface area contributed by atoms with Gasteiger partial charge in [0.2, 0.25) is 0 Å². The summed E-state index contributed by atoms with van der Waals surface area (Å²) in [6, 6.07) is 4.23. The normalized spacial score (nSPS) is 14.0. The fourth-order valence-corrected chi connectivity index (χ4v) is 3.42. The van der Waals surface area contributed by atoms with Gasteiger partial charge in [0.15, 0.2) is 11.5 Å². The molecule has 4 rings (SSSR count). The summed E-state index contributed by atoms with van der Waals surface area (Å²) in [5.41, 5.74) is 7.52. The van der Waals surface area contributed by atoms with Crippen LogP contribution < -0.4 is 10.6 Å². The Balaban J connectivity index is 1.43. The second-order valence-electron chi connectivity index (χ2n) is 6.92. The van der Waals surface area contributed by atoms with Crippen LogP contribution in [0.1, 0.15) is 16.8 Å². The number of non-ortho nitro benzene ring substituents is 1. The van der Waals surface area contributed by atoms with E-state index in [0.29, 0.717) is 61.9 Å². The van der Waals surface area contributed by atoms with Gasteiger partial charge in [0, 0.05) is 31.8 Å². The highest BCUT2D eigenvalue weighted by atomic mass is 16.6. The van der Waals surface area contributed by atoms with E-state index in [1.165, 1.54) is 18.5 Å². The van der Waals surface area contributed by atoms with Crippen molar-refractivity contribution in [1.82, 2.24) is 19.5 Å². The minimum Gasteiger partial charge on any atom is -0.462 e. The molecular weight excluding hydrogens is 406 g/mol. The van der Waals surface area contributed by atoms with E-state index < -0.39 is 10.9 Å². The number of hydrogen-bond donors (Lipinski definition) is 1. The van der Waals surface area contributed by atoms with Crippen LogP contribution in [0.3, 0.4) is 0 Å². The standard InChI is InChI=1S/C19H21N7O5/c20-17-16-18(22-11-21-17)25(12-23-16)4-1-7-31-19(27)14-10-13(26(28)29)2-3-15(14)24-5-8-30-9-6-24/h2-3,10-12H,1,4-9H2,(H2,20,21,22). The van der Waals surface area contributed by atoms with Crippen LogP contribution in [0.15, 0.2) is 30.9 Å². The fraction of sp³-hybridized carbons (Fsp3) is 0.368. The van der Waals surface area contributed by atoms with Crippen LogP contribution in [0.25, 0.3) is 11.2 Å². The summed E-state index contributed by atoms with van der Waals surface area (Å²) in [5.74, 6) is -0.302. The molecule has 1 aromatic carbocycles. The zero-order valence-corrected chi connectivity index (χ0v) is 16.6. The Morgan fingerprint density at radius 1 is 1.26 bits per heavy atom. The third-order valence-corrected chi connectivity index (χ3v) is 4.97. The molecule has 2 N–H and O–H groups in total. The highest BCUT2D eigenvalue weighted by Gasteiger charge is 2.23. The number of nitro groups is 1. The van der Waals surface area contributed by atoms with Gasteiger partial charge in [-0.2, -0.15) is 0 Å². The number of ether oxygens (including phenoxy) is 2. The third-order valence-electron chi connectivity index (χ3n) is 4.97. The first-order chi connectivity index (χ1) is 15.0. The van der Waals surface area contributed by atoms with Crippen molar-refractivity contribution in [3.8, 4) is 0 Å². The van der Waals surface area contributed by atoms with E-state index in [0.717, 1.165) is 0 Å². The first-order valence-electron chi connectivity index (χ1n) is 9.74. The third kappa shape index (κ3) is 4.38. The van der Waals surface area contributed by atoms with Crippen molar-refractivity contribution in [2.45, 2.75) is 13.0 Å². The van der Waals surface area contributed by atoms with E-state index in [-0.39, 0.29) is 17.9 Å². The van der Waals surface area contributed by atoms with E-state index in [1.54, 1.807) is 17.0 Å². The SMILES string of the molecule is Nc1ncnc2c1ncn2CCCOC(=O)c1cc([N+](=O)[O-])ccc1N1CCOCC1. The van der Waals surface area contributed by atoms with Crippen molar-refractivity contribution < 1.29 is 19.2 Å². The number of carbonyl (C=O) groups excluding carboxylic acids is 1. The number of nitro benzene ring substituents is 1. The lowest BCUT2D eigenvalue weighted by Gasteiger charge is -2.30. The topological polar surface area (TPSA) is 152 Å².